The average molecular weight is 355 g/mol. The van der Waals surface area contributed by atoms with E-state index in [2.05, 4.69) is 4.98 Å². The number of hydrogen-bond acceptors (Lipinski definition) is 5. The molecule has 1 aromatic carbocycles. The van der Waals surface area contributed by atoms with Crippen LogP contribution in [-0.2, 0) is 7.05 Å². The molecule has 0 saturated carbocycles. The number of aryl methyl sites for hydroxylation is 1. The maximum Gasteiger partial charge on any atom is 0.268 e. The molecule has 2 aromatic heterocycles. The molecule has 128 valence electrons. The van der Waals surface area contributed by atoms with Crippen LogP contribution in [0.3, 0.4) is 0 Å². The highest BCUT2D eigenvalue weighted by atomic mass is 32.2. The van der Waals surface area contributed by atoms with E-state index in [1.165, 1.54) is 28.3 Å². The van der Waals surface area contributed by atoms with Crippen LogP contribution in [0.15, 0.2) is 52.3 Å². The van der Waals surface area contributed by atoms with Gasteiger partial charge in [-0.15, -0.1) is 11.8 Å². The van der Waals surface area contributed by atoms with E-state index in [1.54, 1.807) is 43.6 Å². The summed E-state index contributed by atoms with van der Waals surface area (Å²) >= 11 is 1.52. The number of aromatic hydroxyl groups is 1. The normalized spacial score (nSPS) is 10.8. The van der Waals surface area contributed by atoms with Gasteiger partial charge >= 0.3 is 0 Å². The first-order valence-corrected chi connectivity index (χ1v) is 8.77. The fourth-order valence-electron chi connectivity index (χ4n) is 2.65. The zero-order valence-corrected chi connectivity index (χ0v) is 14.9. The summed E-state index contributed by atoms with van der Waals surface area (Å²) < 4.78 is 1.37. The SMILES string of the molecule is CSc1ccc2c(c1)c(O)c(C(=O)N(C)c1ccccn1)c(=O)n2C. The Morgan fingerprint density at radius 3 is 2.68 bits per heavy atom. The number of hydrogen-bond donors (Lipinski definition) is 1. The smallest absolute Gasteiger partial charge is 0.268 e. The highest BCUT2D eigenvalue weighted by molar-refractivity contribution is 7.98. The Labute approximate surface area is 148 Å². The minimum Gasteiger partial charge on any atom is -0.506 e. The number of fused-ring (bicyclic) bond motifs is 1. The number of rotatable bonds is 3. The second-order valence-electron chi connectivity index (χ2n) is 5.52. The predicted octanol–water partition coefficient (Wildman–Crippen LogP) is 2.64. The van der Waals surface area contributed by atoms with Gasteiger partial charge in [-0.05, 0) is 36.6 Å². The van der Waals surface area contributed by atoms with Gasteiger partial charge in [0.15, 0.2) is 0 Å². The number of thioether (sulfide) groups is 1. The van der Waals surface area contributed by atoms with Crippen LogP contribution in [0.2, 0.25) is 0 Å². The second-order valence-corrected chi connectivity index (χ2v) is 6.40. The lowest BCUT2D eigenvalue weighted by Gasteiger charge is -2.18. The van der Waals surface area contributed by atoms with Gasteiger partial charge in [0.1, 0.15) is 17.1 Å². The first-order chi connectivity index (χ1) is 12.0. The van der Waals surface area contributed by atoms with Crippen LogP contribution in [0.25, 0.3) is 10.9 Å². The van der Waals surface area contributed by atoms with Crippen molar-refractivity contribution in [1.82, 2.24) is 9.55 Å². The Morgan fingerprint density at radius 1 is 1.28 bits per heavy atom. The number of amides is 1. The standard InChI is InChI=1S/C18H17N3O3S/c1-20-13-8-7-11(25-3)10-12(13)16(22)15(17(20)23)18(24)21(2)14-6-4-5-9-19-14/h4-10,22H,1-3H3. The molecule has 0 fully saturated rings. The third kappa shape index (κ3) is 2.87. The molecule has 0 saturated heterocycles. The lowest BCUT2D eigenvalue weighted by Crippen LogP contribution is -2.34. The number of carbonyl (C=O) groups is 1. The monoisotopic (exact) mass is 355 g/mol. The maximum atomic E-state index is 12.8. The number of nitrogens with zero attached hydrogens (tertiary/aromatic N) is 3. The lowest BCUT2D eigenvalue weighted by molar-refractivity contribution is 0.0988. The van der Waals surface area contributed by atoms with E-state index in [4.69, 9.17) is 0 Å². The van der Waals surface area contributed by atoms with Crippen LogP contribution in [0.5, 0.6) is 5.75 Å². The van der Waals surface area contributed by atoms with Crippen molar-refractivity contribution >= 4 is 34.4 Å². The van der Waals surface area contributed by atoms with Crippen molar-refractivity contribution in [2.24, 2.45) is 7.05 Å². The molecule has 2 heterocycles. The van der Waals surface area contributed by atoms with Crippen LogP contribution in [0.4, 0.5) is 5.82 Å². The van der Waals surface area contributed by atoms with E-state index in [-0.39, 0.29) is 11.3 Å². The summed E-state index contributed by atoms with van der Waals surface area (Å²) in [6, 6.07) is 10.5. The van der Waals surface area contributed by atoms with Crippen LogP contribution >= 0.6 is 11.8 Å². The van der Waals surface area contributed by atoms with Crippen molar-refractivity contribution in [2.45, 2.75) is 4.90 Å². The number of benzene rings is 1. The van der Waals surface area contributed by atoms with Gasteiger partial charge in [0, 0.05) is 30.6 Å². The summed E-state index contributed by atoms with van der Waals surface area (Å²) in [5.74, 6) is -0.512. The van der Waals surface area contributed by atoms with Crippen LogP contribution < -0.4 is 10.5 Å². The minimum atomic E-state index is -0.603. The molecule has 3 aromatic rings. The largest absolute Gasteiger partial charge is 0.506 e. The number of anilines is 1. The van der Waals surface area contributed by atoms with Crippen LogP contribution in [0, 0.1) is 0 Å². The molecule has 3 rings (SSSR count). The molecule has 7 heteroatoms. The summed E-state index contributed by atoms with van der Waals surface area (Å²) in [4.78, 5) is 31.8. The molecule has 1 amide bonds. The van der Waals surface area contributed by atoms with E-state index >= 15 is 0 Å². The third-order valence-electron chi connectivity index (χ3n) is 4.09. The van der Waals surface area contributed by atoms with Gasteiger partial charge in [-0.2, -0.15) is 0 Å². The van der Waals surface area contributed by atoms with Crippen LogP contribution in [-0.4, -0.2) is 33.9 Å². The third-order valence-corrected chi connectivity index (χ3v) is 4.81. The van der Waals surface area contributed by atoms with Gasteiger partial charge in [-0.25, -0.2) is 4.98 Å². The molecular formula is C18H17N3O3S. The van der Waals surface area contributed by atoms with Gasteiger partial charge in [0.05, 0.1) is 5.52 Å². The highest BCUT2D eigenvalue weighted by Gasteiger charge is 2.25. The van der Waals surface area contributed by atoms with Gasteiger partial charge in [-0.1, -0.05) is 6.07 Å². The Hall–Kier alpha value is -2.80. The molecular weight excluding hydrogens is 338 g/mol. The second kappa shape index (κ2) is 6.60. The Kier molecular flexibility index (Phi) is 4.50. The predicted molar refractivity (Wildman–Crippen MR) is 99.6 cm³/mol. The van der Waals surface area contributed by atoms with Gasteiger partial charge in [-0.3, -0.25) is 14.5 Å². The topological polar surface area (TPSA) is 75.4 Å². The van der Waals surface area contributed by atoms with E-state index in [0.29, 0.717) is 16.7 Å². The molecule has 0 spiro atoms. The van der Waals surface area contributed by atoms with Crippen molar-refractivity contribution in [3.63, 3.8) is 0 Å². The van der Waals surface area contributed by atoms with Crippen molar-refractivity contribution in [3.8, 4) is 5.75 Å². The summed E-state index contributed by atoms with van der Waals surface area (Å²) in [5, 5.41) is 11.1. The Balaban J connectivity index is 2.22. The zero-order chi connectivity index (χ0) is 18.1. The molecule has 0 unspecified atom stereocenters. The van der Waals surface area contributed by atoms with E-state index in [9.17, 15) is 14.7 Å². The molecule has 6 nitrogen and oxygen atoms in total. The average Bonchev–Trinajstić information content (AvgIpc) is 2.65. The lowest BCUT2D eigenvalue weighted by atomic mass is 10.1. The minimum absolute atomic E-state index is 0.263. The van der Waals surface area contributed by atoms with Gasteiger partial charge < -0.3 is 9.67 Å². The van der Waals surface area contributed by atoms with Crippen molar-refractivity contribution in [3.05, 3.63) is 58.5 Å². The summed E-state index contributed by atoms with van der Waals surface area (Å²) in [5.41, 5.74) is -0.242. The number of pyridine rings is 2. The van der Waals surface area contributed by atoms with E-state index in [1.807, 2.05) is 12.3 Å². The van der Waals surface area contributed by atoms with Crippen molar-refractivity contribution in [2.75, 3.05) is 18.2 Å². The van der Waals surface area contributed by atoms with Crippen LogP contribution in [0.1, 0.15) is 10.4 Å². The van der Waals surface area contributed by atoms with Crippen molar-refractivity contribution in [1.29, 1.82) is 0 Å². The zero-order valence-electron chi connectivity index (χ0n) is 14.1. The molecule has 0 aliphatic carbocycles. The molecule has 0 aliphatic heterocycles. The van der Waals surface area contributed by atoms with E-state index < -0.39 is 11.5 Å². The molecule has 0 aliphatic rings. The Morgan fingerprint density at radius 2 is 2.04 bits per heavy atom. The molecule has 0 bridgehead atoms. The van der Waals surface area contributed by atoms with Gasteiger partial charge in [0.2, 0.25) is 0 Å². The molecule has 25 heavy (non-hydrogen) atoms. The first kappa shape index (κ1) is 17.0. The highest BCUT2D eigenvalue weighted by Crippen LogP contribution is 2.30. The van der Waals surface area contributed by atoms with Gasteiger partial charge in [0.25, 0.3) is 11.5 Å². The maximum absolute atomic E-state index is 12.8. The summed E-state index contributed by atoms with van der Waals surface area (Å²) in [7, 11) is 3.10. The molecule has 1 N–H and O–H groups in total. The first-order valence-electron chi connectivity index (χ1n) is 7.54. The molecule has 0 atom stereocenters. The molecule has 0 radical (unpaired) electrons. The summed E-state index contributed by atoms with van der Waals surface area (Å²) in [6.07, 6.45) is 3.48. The quantitative estimate of drug-likeness (QED) is 0.731. The number of carbonyl (C=O) groups excluding carboxylic acids is 1. The van der Waals surface area contributed by atoms with E-state index in [0.717, 1.165) is 4.90 Å². The fraction of sp³-hybridized carbons (Fsp3) is 0.167. The van der Waals surface area contributed by atoms with Crippen molar-refractivity contribution < 1.29 is 9.90 Å². The summed E-state index contributed by atoms with van der Waals surface area (Å²) in [6.45, 7) is 0. The Bertz CT molecular complexity index is 1020. The number of aromatic nitrogens is 2. The fourth-order valence-corrected chi connectivity index (χ4v) is 3.09.